The number of aromatic nitrogens is 4. The minimum absolute atomic E-state index is 0.228. The molecule has 0 atom stereocenters. The Morgan fingerprint density at radius 3 is 2.40 bits per heavy atom. The van der Waals surface area contributed by atoms with Gasteiger partial charge in [0.25, 0.3) is 0 Å². The van der Waals surface area contributed by atoms with E-state index in [0.717, 1.165) is 5.56 Å². The zero-order valence-corrected chi connectivity index (χ0v) is 8.21. The summed E-state index contributed by atoms with van der Waals surface area (Å²) in [5.41, 5.74) is 0.796. The first-order valence-electron chi connectivity index (χ1n) is 4.65. The Morgan fingerprint density at radius 1 is 1.13 bits per heavy atom. The van der Waals surface area contributed by atoms with Crippen LogP contribution in [0.4, 0.5) is 0 Å². The summed E-state index contributed by atoms with van der Waals surface area (Å²) in [5.74, 6) is 0. The molecule has 0 amide bonds. The third-order valence-corrected chi connectivity index (χ3v) is 2.08. The normalized spacial score (nSPS) is 10.5. The van der Waals surface area contributed by atoms with E-state index < -0.39 is 0 Å². The maximum Gasteiger partial charge on any atom is 0.363 e. The van der Waals surface area contributed by atoms with Crippen LogP contribution in [-0.2, 0) is 13.1 Å². The summed E-state index contributed by atoms with van der Waals surface area (Å²) in [6, 6.07) is 9.66. The van der Waals surface area contributed by atoms with Crippen molar-refractivity contribution < 1.29 is 0 Å². The van der Waals surface area contributed by atoms with Crippen molar-refractivity contribution in [2.75, 3.05) is 0 Å². The van der Waals surface area contributed by atoms with Crippen LogP contribution in [0.15, 0.2) is 35.1 Å². The van der Waals surface area contributed by atoms with Crippen LogP contribution in [0.3, 0.4) is 0 Å². The first-order valence-corrected chi connectivity index (χ1v) is 4.65. The molecule has 15 heavy (non-hydrogen) atoms. The Labute approximate surface area is 86.9 Å². The van der Waals surface area contributed by atoms with Gasteiger partial charge in [-0.2, -0.15) is 9.36 Å². The van der Waals surface area contributed by atoms with Crippen molar-refractivity contribution in [1.82, 2.24) is 19.8 Å². The predicted octanol–water partition coefficient (Wildman–Crippen LogP) is 0.322. The molecule has 2 rings (SSSR count). The fourth-order valence-electron chi connectivity index (χ4n) is 1.30. The van der Waals surface area contributed by atoms with E-state index >= 15 is 0 Å². The highest BCUT2D eigenvalue weighted by molar-refractivity contribution is 5.14. The first kappa shape index (κ1) is 9.64. The second-order valence-corrected chi connectivity index (χ2v) is 3.13. The summed E-state index contributed by atoms with van der Waals surface area (Å²) in [6.45, 7) is 4.33. The number of tetrazole rings is 1. The Hall–Kier alpha value is -1.91. The molecule has 0 bridgehead atoms. The van der Waals surface area contributed by atoms with E-state index in [4.69, 9.17) is 0 Å². The molecule has 5 nitrogen and oxygen atoms in total. The zero-order chi connectivity index (χ0) is 10.7. The topological polar surface area (TPSA) is 52.7 Å². The number of benzene rings is 1. The van der Waals surface area contributed by atoms with Gasteiger partial charge in [0.15, 0.2) is 0 Å². The molecule has 5 heteroatoms. The molecule has 0 saturated heterocycles. The van der Waals surface area contributed by atoms with Gasteiger partial charge in [-0.15, -0.1) is 0 Å². The lowest BCUT2D eigenvalue weighted by molar-refractivity contribution is 0.630. The minimum atomic E-state index is -0.228. The van der Waals surface area contributed by atoms with Crippen molar-refractivity contribution in [3.8, 4) is 0 Å². The Balaban J connectivity index is 2.26. The monoisotopic (exact) mass is 203 g/mol. The van der Waals surface area contributed by atoms with Gasteiger partial charge in [-0.1, -0.05) is 30.3 Å². The van der Waals surface area contributed by atoms with Gasteiger partial charge < -0.3 is 0 Å². The van der Waals surface area contributed by atoms with E-state index in [1.165, 1.54) is 9.36 Å². The first-order chi connectivity index (χ1) is 7.31. The van der Waals surface area contributed by atoms with Crippen LogP contribution < -0.4 is 5.69 Å². The van der Waals surface area contributed by atoms with Crippen molar-refractivity contribution in [1.29, 1.82) is 0 Å². The number of nitrogens with zero attached hydrogens (tertiary/aromatic N) is 4. The molecule has 77 valence electrons. The van der Waals surface area contributed by atoms with Crippen LogP contribution in [0, 0.1) is 6.92 Å². The van der Waals surface area contributed by atoms with Gasteiger partial charge in [0, 0.05) is 6.54 Å². The smallest absolute Gasteiger partial charge is 0.244 e. The second-order valence-electron chi connectivity index (χ2n) is 3.13. The van der Waals surface area contributed by atoms with Gasteiger partial charge in [-0.25, -0.2) is 4.79 Å². The van der Waals surface area contributed by atoms with Crippen molar-refractivity contribution in [3.63, 3.8) is 0 Å². The highest BCUT2D eigenvalue weighted by Crippen LogP contribution is 1.98. The molecule has 0 spiro atoms. The Kier molecular flexibility index (Phi) is 2.62. The fourth-order valence-corrected chi connectivity index (χ4v) is 1.30. The van der Waals surface area contributed by atoms with Crippen molar-refractivity contribution in [3.05, 3.63) is 53.3 Å². The lowest BCUT2D eigenvalue weighted by Gasteiger charge is -1.97. The molecule has 1 radical (unpaired) electrons. The van der Waals surface area contributed by atoms with Crippen LogP contribution in [0.1, 0.15) is 5.56 Å². The third kappa shape index (κ3) is 1.96. The second kappa shape index (κ2) is 4.08. The highest BCUT2D eigenvalue weighted by Gasteiger charge is 2.04. The van der Waals surface area contributed by atoms with E-state index in [2.05, 4.69) is 17.4 Å². The summed E-state index contributed by atoms with van der Waals surface area (Å²) >= 11 is 0. The van der Waals surface area contributed by atoms with Crippen LogP contribution in [0.25, 0.3) is 0 Å². The fraction of sp³-hybridized carbons (Fsp3) is 0.200. The molecule has 0 unspecified atom stereocenters. The summed E-state index contributed by atoms with van der Waals surface area (Å²) in [6.07, 6.45) is 0. The molecule has 1 aromatic heterocycles. The van der Waals surface area contributed by atoms with E-state index in [-0.39, 0.29) is 5.69 Å². The van der Waals surface area contributed by atoms with Crippen molar-refractivity contribution in [2.45, 2.75) is 13.1 Å². The molecule has 0 aliphatic carbocycles. The SMILES string of the molecule is [CH2]Cn1nnn(Cc2ccccc2)c1=O. The van der Waals surface area contributed by atoms with E-state index in [9.17, 15) is 4.79 Å². The minimum Gasteiger partial charge on any atom is -0.244 e. The van der Waals surface area contributed by atoms with Gasteiger partial charge in [-0.05, 0) is 22.9 Å². The Bertz CT molecular complexity index is 486. The number of hydrogen-bond donors (Lipinski definition) is 0. The lowest BCUT2D eigenvalue weighted by atomic mass is 10.2. The van der Waals surface area contributed by atoms with Crippen molar-refractivity contribution >= 4 is 0 Å². The van der Waals surface area contributed by atoms with Crippen LogP contribution in [0.2, 0.25) is 0 Å². The summed E-state index contributed by atoms with van der Waals surface area (Å²) in [4.78, 5) is 11.6. The molecular weight excluding hydrogens is 192 g/mol. The standard InChI is InChI=1S/C10H11N4O/c1-2-13-10(15)14(12-11-13)8-9-6-4-3-5-7-9/h3-7H,1-2,8H2. The molecule has 1 heterocycles. The average Bonchev–Trinajstić information content (AvgIpc) is 2.62. The molecule has 0 fully saturated rings. The molecule has 0 aliphatic heterocycles. The molecule has 0 N–H and O–H groups in total. The predicted molar refractivity (Wildman–Crippen MR) is 55.2 cm³/mol. The van der Waals surface area contributed by atoms with Gasteiger partial charge in [0.2, 0.25) is 0 Å². The summed E-state index contributed by atoms with van der Waals surface area (Å²) in [7, 11) is 0. The maximum atomic E-state index is 11.6. The third-order valence-electron chi connectivity index (χ3n) is 2.08. The quantitative estimate of drug-likeness (QED) is 0.722. The van der Waals surface area contributed by atoms with Crippen molar-refractivity contribution in [2.24, 2.45) is 0 Å². The van der Waals surface area contributed by atoms with Crippen LogP contribution in [-0.4, -0.2) is 19.8 Å². The summed E-state index contributed by atoms with van der Waals surface area (Å²) in [5, 5.41) is 7.44. The molecular formula is C10H11N4O. The largest absolute Gasteiger partial charge is 0.363 e. The number of hydrogen-bond acceptors (Lipinski definition) is 3. The summed E-state index contributed by atoms with van der Waals surface area (Å²) < 4.78 is 2.55. The number of rotatable bonds is 3. The van der Waals surface area contributed by atoms with E-state index in [1.807, 2.05) is 30.3 Å². The van der Waals surface area contributed by atoms with E-state index in [1.54, 1.807) is 0 Å². The van der Waals surface area contributed by atoms with Crippen LogP contribution >= 0.6 is 0 Å². The van der Waals surface area contributed by atoms with Gasteiger partial charge in [-0.3, -0.25) is 0 Å². The van der Waals surface area contributed by atoms with E-state index in [0.29, 0.717) is 13.1 Å². The van der Waals surface area contributed by atoms with Crippen LogP contribution in [0.5, 0.6) is 0 Å². The van der Waals surface area contributed by atoms with Gasteiger partial charge >= 0.3 is 5.69 Å². The lowest BCUT2D eigenvalue weighted by Crippen LogP contribution is -2.25. The molecule has 2 aromatic rings. The molecule has 0 saturated carbocycles. The molecule has 0 aliphatic rings. The average molecular weight is 203 g/mol. The molecule has 1 aromatic carbocycles. The Morgan fingerprint density at radius 2 is 1.80 bits per heavy atom. The van der Waals surface area contributed by atoms with Gasteiger partial charge in [0.05, 0.1) is 6.54 Å². The van der Waals surface area contributed by atoms with Gasteiger partial charge in [0.1, 0.15) is 0 Å². The zero-order valence-electron chi connectivity index (χ0n) is 8.21. The highest BCUT2D eigenvalue weighted by atomic mass is 16.2. The maximum absolute atomic E-state index is 11.6.